The lowest BCUT2D eigenvalue weighted by Crippen LogP contribution is -2.33. The zero-order chi connectivity index (χ0) is 19.1. The van der Waals surface area contributed by atoms with Crippen LogP contribution < -0.4 is 10.6 Å². The molecular formula is C16H12N4O5S. The number of nitrogens with one attached hydrogen (secondary N) is 2. The molecular weight excluding hydrogens is 360 g/mol. The van der Waals surface area contributed by atoms with Crippen molar-refractivity contribution >= 4 is 46.4 Å². The number of anilines is 1. The molecule has 0 saturated heterocycles. The highest BCUT2D eigenvalue weighted by Gasteiger charge is 2.13. The summed E-state index contributed by atoms with van der Waals surface area (Å²) >= 11 is 4.96. The van der Waals surface area contributed by atoms with Crippen LogP contribution in [0.3, 0.4) is 0 Å². The Morgan fingerprint density at radius 1 is 1.04 bits per heavy atom. The largest absolute Gasteiger partial charge is 0.327 e. The summed E-state index contributed by atoms with van der Waals surface area (Å²) in [6.07, 6.45) is 2.53. The Balaban J connectivity index is 1.99. The Bertz CT molecular complexity index is 913. The molecule has 0 bridgehead atoms. The third-order valence-corrected chi connectivity index (χ3v) is 3.30. The number of benzene rings is 2. The van der Waals surface area contributed by atoms with Crippen LogP contribution >= 0.6 is 12.2 Å². The zero-order valence-corrected chi connectivity index (χ0v) is 13.9. The van der Waals surface area contributed by atoms with Crippen LogP contribution in [0.2, 0.25) is 0 Å². The molecule has 0 saturated carbocycles. The van der Waals surface area contributed by atoms with E-state index < -0.39 is 15.8 Å². The van der Waals surface area contributed by atoms with Gasteiger partial charge in [0, 0.05) is 24.3 Å². The molecule has 0 aliphatic heterocycles. The molecule has 0 aromatic heterocycles. The number of nitro groups is 2. The highest BCUT2D eigenvalue weighted by Crippen LogP contribution is 2.22. The second-order valence-corrected chi connectivity index (χ2v) is 5.31. The SMILES string of the molecule is O=C(/C=C/c1cccc([N+](=O)[O-])c1)NC(=S)Nc1ccccc1[N+](=O)[O-]. The Labute approximate surface area is 152 Å². The van der Waals surface area contributed by atoms with Gasteiger partial charge < -0.3 is 5.32 Å². The fourth-order valence-electron chi connectivity index (χ4n) is 1.96. The van der Waals surface area contributed by atoms with E-state index in [-0.39, 0.29) is 22.2 Å². The number of hydrogen-bond acceptors (Lipinski definition) is 6. The molecule has 132 valence electrons. The molecule has 2 aromatic rings. The summed E-state index contributed by atoms with van der Waals surface area (Å²) < 4.78 is 0. The lowest BCUT2D eigenvalue weighted by Gasteiger charge is -2.08. The third-order valence-electron chi connectivity index (χ3n) is 3.09. The topological polar surface area (TPSA) is 127 Å². The minimum atomic E-state index is -0.590. The first-order valence-electron chi connectivity index (χ1n) is 7.15. The molecule has 2 N–H and O–H groups in total. The maximum Gasteiger partial charge on any atom is 0.292 e. The molecule has 2 aromatic carbocycles. The van der Waals surface area contributed by atoms with Gasteiger partial charge in [-0.1, -0.05) is 24.3 Å². The number of hydrogen-bond donors (Lipinski definition) is 2. The molecule has 0 fully saturated rings. The number of rotatable bonds is 5. The van der Waals surface area contributed by atoms with Crippen molar-refractivity contribution in [2.24, 2.45) is 0 Å². The van der Waals surface area contributed by atoms with Crippen molar-refractivity contribution in [1.82, 2.24) is 5.32 Å². The maximum atomic E-state index is 11.9. The van der Waals surface area contributed by atoms with Gasteiger partial charge in [0.2, 0.25) is 5.91 Å². The van der Waals surface area contributed by atoms with Crippen molar-refractivity contribution < 1.29 is 14.6 Å². The number of para-hydroxylation sites is 2. The van der Waals surface area contributed by atoms with Crippen LogP contribution in [0, 0.1) is 20.2 Å². The number of thiocarbonyl (C=S) groups is 1. The van der Waals surface area contributed by atoms with Gasteiger partial charge in [-0.25, -0.2) is 0 Å². The van der Waals surface area contributed by atoms with Crippen molar-refractivity contribution in [3.63, 3.8) is 0 Å². The Kier molecular flexibility index (Phi) is 6.06. The standard InChI is InChI=1S/C16H12N4O5S/c21-15(9-8-11-4-3-5-12(10-11)19(22)23)18-16(26)17-13-6-1-2-7-14(13)20(24)25/h1-10H,(H2,17,18,21,26)/b9-8+. The summed E-state index contributed by atoms with van der Waals surface area (Å²) in [6, 6.07) is 11.6. The van der Waals surface area contributed by atoms with E-state index in [0.29, 0.717) is 5.56 Å². The minimum absolute atomic E-state index is 0.0962. The zero-order valence-electron chi connectivity index (χ0n) is 13.1. The van der Waals surface area contributed by atoms with Gasteiger partial charge in [0.15, 0.2) is 5.11 Å². The Hall–Kier alpha value is -3.66. The molecule has 2 rings (SSSR count). The van der Waals surface area contributed by atoms with Gasteiger partial charge >= 0.3 is 0 Å². The first-order chi connectivity index (χ1) is 12.4. The highest BCUT2D eigenvalue weighted by atomic mass is 32.1. The van der Waals surface area contributed by atoms with E-state index in [4.69, 9.17) is 12.2 Å². The van der Waals surface area contributed by atoms with Crippen LogP contribution in [0.4, 0.5) is 17.1 Å². The predicted molar refractivity (Wildman–Crippen MR) is 99.6 cm³/mol. The minimum Gasteiger partial charge on any atom is -0.327 e. The normalized spacial score (nSPS) is 10.3. The molecule has 0 aliphatic carbocycles. The number of nitrogens with zero attached hydrogens (tertiary/aromatic N) is 2. The monoisotopic (exact) mass is 372 g/mol. The van der Waals surface area contributed by atoms with Gasteiger partial charge in [0.1, 0.15) is 5.69 Å². The molecule has 0 spiro atoms. The summed E-state index contributed by atoms with van der Waals surface area (Å²) in [4.78, 5) is 32.4. The molecule has 0 atom stereocenters. The van der Waals surface area contributed by atoms with Gasteiger partial charge in [-0.15, -0.1) is 0 Å². The van der Waals surface area contributed by atoms with Gasteiger partial charge in [-0.3, -0.25) is 30.3 Å². The molecule has 9 nitrogen and oxygen atoms in total. The maximum absolute atomic E-state index is 11.9. The molecule has 1 amide bonds. The van der Waals surface area contributed by atoms with E-state index >= 15 is 0 Å². The second-order valence-electron chi connectivity index (χ2n) is 4.90. The summed E-state index contributed by atoms with van der Waals surface area (Å²) in [5.41, 5.74) is 0.328. The average molecular weight is 372 g/mol. The predicted octanol–water partition coefficient (Wildman–Crippen LogP) is 3.03. The quantitative estimate of drug-likeness (QED) is 0.357. The number of carbonyl (C=O) groups is 1. The van der Waals surface area contributed by atoms with Gasteiger partial charge in [-0.05, 0) is 29.9 Å². The first-order valence-corrected chi connectivity index (χ1v) is 7.55. The van der Waals surface area contributed by atoms with Crippen molar-refractivity contribution in [2.45, 2.75) is 0 Å². The van der Waals surface area contributed by atoms with Crippen molar-refractivity contribution in [2.75, 3.05) is 5.32 Å². The third kappa shape index (κ3) is 5.18. The van der Waals surface area contributed by atoms with Crippen LogP contribution in [0.25, 0.3) is 6.08 Å². The number of amides is 1. The molecule has 0 radical (unpaired) electrons. The van der Waals surface area contributed by atoms with E-state index in [1.807, 2.05) is 0 Å². The molecule has 0 aliphatic rings. The van der Waals surface area contributed by atoms with E-state index in [2.05, 4.69) is 10.6 Å². The lowest BCUT2D eigenvalue weighted by molar-refractivity contribution is -0.384. The summed E-state index contributed by atoms with van der Waals surface area (Å²) in [7, 11) is 0. The highest BCUT2D eigenvalue weighted by molar-refractivity contribution is 7.80. The molecule has 10 heteroatoms. The van der Waals surface area contributed by atoms with Crippen molar-refractivity contribution in [3.05, 3.63) is 80.4 Å². The lowest BCUT2D eigenvalue weighted by atomic mass is 10.2. The fraction of sp³-hybridized carbons (Fsp3) is 0. The number of non-ortho nitro benzene ring substituents is 1. The number of carbonyl (C=O) groups excluding carboxylic acids is 1. The van der Waals surface area contributed by atoms with E-state index in [0.717, 1.165) is 6.08 Å². The first kappa shape index (κ1) is 18.7. The van der Waals surface area contributed by atoms with E-state index in [1.165, 1.54) is 42.5 Å². The van der Waals surface area contributed by atoms with Gasteiger partial charge in [0.25, 0.3) is 11.4 Å². The van der Waals surface area contributed by atoms with Crippen molar-refractivity contribution in [3.8, 4) is 0 Å². The molecule has 26 heavy (non-hydrogen) atoms. The van der Waals surface area contributed by atoms with Crippen LogP contribution in [-0.2, 0) is 4.79 Å². The Morgan fingerprint density at radius 2 is 1.77 bits per heavy atom. The number of nitro benzene ring substituents is 2. The summed E-state index contributed by atoms with van der Waals surface area (Å²) in [6.45, 7) is 0. The smallest absolute Gasteiger partial charge is 0.292 e. The summed E-state index contributed by atoms with van der Waals surface area (Å²) in [5, 5.41) is 26.5. The molecule has 0 unspecified atom stereocenters. The van der Waals surface area contributed by atoms with Crippen LogP contribution in [0.1, 0.15) is 5.56 Å². The summed E-state index contributed by atoms with van der Waals surface area (Å²) in [5.74, 6) is -0.590. The fourth-order valence-corrected chi connectivity index (χ4v) is 2.17. The second kappa shape index (κ2) is 8.44. The van der Waals surface area contributed by atoms with Crippen LogP contribution in [0.5, 0.6) is 0 Å². The van der Waals surface area contributed by atoms with Gasteiger partial charge in [-0.2, -0.15) is 0 Å². The van der Waals surface area contributed by atoms with Crippen LogP contribution in [0.15, 0.2) is 54.6 Å². The van der Waals surface area contributed by atoms with Crippen LogP contribution in [-0.4, -0.2) is 20.9 Å². The molecule has 0 heterocycles. The Morgan fingerprint density at radius 3 is 2.46 bits per heavy atom. The van der Waals surface area contributed by atoms with E-state index in [9.17, 15) is 25.0 Å². The average Bonchev–Trinajstić information content (AvgIpc) is 2.60. The van der Waals surface area contributed by atoms with Crippen molar-refractivity contribution in [1.29, 1.82) is 0 Å². The van der Waals surface area contributed by atoms with E-state index in [1.54, 1.807) is 12.1 Å². The van der Waals surface area contributed by atoms with Gasteiger partial charge in [0.05, 0.1) is 9.85 Å².